The SMILES string of the molecule is Cc1ccc(S(=O)/C(F)=C/c2ccccc2)cc1. The molecule has 1 atom stereocenters. The lowest BCUT2D eigenvalue weighted by Crippen LogP contribution is -1.91. The van der Waals surface area contributed by atoms with E-state index in [1.807, 2.05) is 37.3 Å². The molecule has 0 heterocycles. The van der Waals surface area contributed by atoms with Crippen LogP contribution < -0.4 is 0 Å². The molecular formula is C15H13FOS. The minimum absolute atomic E-state index is 0.477. The van der Waals surface area contributed by atoms with Gasteiger partial charge in [0.2, 0.25) is 0 Å². The van der Waals surface area contributed by atoms with Gasteiger partial charge in [0, 0.05) is 4.90 Å². The molecule has 1 nitrogen and oxygen atoms in total. The van der Waals surface area contributed by atoms with Crippen molar-refractivity contribution in [1.82, 2.24) is 0 Å². The Bertz CT molecular complexity index is 573. The molecule has 0 aliphatic carbocycles. The number of halogens is 1. The molecule has 0 radical (unpaired) electrons. The quantitative estimate of drug-likeness (QED) is 0.813. The van der Waals surface area contributed by atoms with Crippen molar-refractivity contribution in [2.24, 2.45) is 0 Å². The molecule has 92 valence electrons. The van der Waals surface area contributed by atoms with Gasteiger partial charge in [0.25, 0.3) is 0 Å². The van der Waals surface area contributed by atoms with Crippen LogP contribution in [0.4, 0.5) is 4.39 Å². The number of hydrogen-bond acceptors (Lipinski definition) is 1. The highest BCUT2D eigenvalue weighted by molar-refractivity contribution is 7.89. The summed E-state index contributed by atoms with van der Waals surface area (Å²) >= 11 is 0. The smallest absolute Gasteiger partial charge is 0.192 e. The van der Waals surface area contributed by atoms with Gasteiger partial charge in [-0.05, 0) is 30.7 Å². The molecule has 2 rings (SSSR count). The summed E-state index contributed by atoms with van der Waals surface area (Å²) in [6, 6.07) is 16.0. The molecule has 1 unspecified atom stereocenters. The van der Waals surface area contributed by atoms with E-state index in [1.54, 1.807) is 24.3 Å². The van der Waals surface area contributed by atoms with Crippen LogP contribution in [0.15, 0.2) is 64.7 Å². The van der Waals surface area contributed by atoms with Gasteiger partial charge in [-0.25, -0.2) is 4.21 Å². The summed E-state index contributed by atoms with van der Waals surface area (Å²) in [7, 11) is -1.74. The Balaban J connectivity index is 2.24. The lowest BCUT2D eigenvalue weighted by atomic mass is 10.2. The van der Waals surface area contributed by atoms with E-state index in [4.69, 9.17) is 0 Å². The molecule has 0 aliphatic rings. The van der Waals surface area contributed by atoms with Gasteiger partial charge in [-0.15, -0.1) is 0 Å². The minimum atomic E-state index is -1.74. The van der Waals surface area contributed by atoms with Crippen molar-refractivity contribution in [3.8, 4) is 0 Å². The molecule has 0 saturated carbocycles. The molecule has 0 spiro atoms. The van der Waals surface area contributed by atoms with Crippen LogP contribution in [-0.2, 0) is 10.8 Å². The highest BCUT2D eigenvalue weighted by atomic mass is 32.2. The Kier molecular flexibility index (Phi) is 4.05. The molecule has 0 aliphatic heterocycles. The number of aryl methyl sites for hydroxylation is 1. The third-order valence-electron chi connectivity index (χ3n) is 2.49. The van der Waals surface area contributed by atoms with Gasteiger partial charge in [-0.3, -0.25) is 0 Å². The highest BCUT2D eigenvalue weighted by Gasteiger charge is 2.09. The van der Waals surface area contributed by atoms with Crippen molar-refractivity contribution in [2.75, 3.05) is 0 Å². The zero-order chi connectivity index (χ0) is 13.0. The van der Waals surface area contributed by atoms with Gasteiger partial charge in [-0.2, -0.15) is 4.39 Å². The first-order chi connectivity index (χ1) is 8.66. The normalized spacial score (nSPS) is 13.3. The Morgan fingerprint density at radius 2 is 1.67 bits per heavy atom. The second-order valence-corrected chi connectivity index (χ2v) is 5.34. The van der Waals surface area contributed by atoms with Crippen LogP contribution >= 0.6 is 0 Å². The van der Waals surface area contributed by atoms with Gasteiger partial charge < -0.3 is 0 Å². The van der Waals surface area contributed by atoms with Gasteiger partial charge >= 0.3 is 0 Å². The lowest BCUT2D eigenvalue weighted by molar-refractivity contribution is 0.653. The molecule has 2 aromatic carbocycles. The summed E-state index contributed by atoms with van der Waals surface area (Å²) in [6.07, 6.45) is 1.30. The van der Waals surface area contributed by atoms with E-state index in [0.717, 1.165) is 5.56 Å². The van der Waals surface area contributed by atoms with E-state index in [2.05, 4.69) is 0 Å². The Hall–Kier alpha value is -1.74. The second kappa shape index (κ2) is 5.74. The molecule has 0 saturated heterocycles. The lowest BCUT2D eigenvalue weighted by Gasteiger charge is -2.00. The van der Waals surface area contributed by atoms with Crippen LogP contribution in [0.25, 0.3) is 6.08 Å². The van der Waals surface area contributed by atoms with Crippen molar-refractivity contribution in [3.05, 3.63) is 70.9 Å². The summed E-state index contributed by atoms with van der Waals surface area (Å²) in [5.41, 5.74) is 1.76. The molecule has 3 heteroatoms. The fourth-order valence-electron chi connectivity index (χ4n) is 1.51. The Morgan fingerprint density at radius 1 is 1.06 bits per heavy atom. The minimum Gasteiger partial charge on any atom is -0.247 e. The van der Waals surface area contributed by atoms with E-state index in [0.29, 0.717) is 10.5 Å². The van der Waals surface area contributed by atoms with Crippen LogP contribution in [0.2, 0.25) is 0 Å². The fraction of sp³-hybridized carbons (Fsp3) is 0.0667. The van der Waals surface area contributed by atoms with Crippen LogP contribution in [-0.4, -0.2) is 4.21 Å². The predicted molar refractivity (Wildman–Crippen MR) is 73.1 cm³/mol. The van der Waals surface area contributed by atoms with Gasteiger partial charge in [0.1, 0.15) is 10.8 Å². The maximum atomic E-state index is 13.8. The average Bonchev–Trinajstić information content (AvgIpc) is 2.40. The molecule has 0 amide bonds. The van der Waals surface area contributed by atoms with E-state index < -0.39 is 16.0 Å². The van der Waals surface area contributed by atoms with E-state index >= 15 is 0 Å². The largest absolute Gasteiger partial charge is 0.247 e. The molecular weight excluding hydrogens is 247 g/mol. The standard InChI is InChI=1S/C15H13FOS/c1-12-7-9-14(10-8-12)18(17)15(16)11-13-5-3-2-4-6-13/h2-11H,1H3/b15-11+. The first-order valence-electron chi connectivity index (χ1n) is 5.57. The molecule has 0 fully saturated rings. The van der Waals surface area contributed by atoms with Crippen LogP contribution in [0.5, 0.6) is 0 Å². The summed E-state index contributed by atoms with van der Waals surface area (Å²) in [5.74, 6) is 0. The summed E-state index contributed by atoms with van der Waals surface area (Å²) in [6.45, 7) is 1.93. The van der Waals surface area contributed by atoms with Gasteiger partial charge in [-0.1, -0.05) is 48.0 Å². The summed E-state index contributed by atoms with van der Waals surface area (Å²) < 4.78 is 25.8. The van der Waals surface area contributed by atoms with Crippen molar-refractivity contribution >= 4 is 16.9 Å². The molecule has 0 N–H and O–H groups in total. The van der Waals surface area contributed by atoms with Crippen molar-refractivity contribution < 1.29 is 8.60 Å². The van der Waals surface area contributed by atoms with Crippen molar-refractivity contribution in [1.29, 1.82) is 0 Å². The first kappa shape index (κ1) is 12.7. The summed E-state index contributed by atoms with van der Waals surface area (Å²) in [4.78, 5) is 0.477. The van der Waals surface area contributed by atoms with Crippen LogP contribution in [0, 0.1) is 6.92 Å². The maximum absolute atomic E-state index is 13.8. The zero-order valence-corrected chi connectivity index (χ0v) is 10.8. The monoisotopic (exact) mass is 260 g/mol. The number of benzene rings is 2. The first-order valence-corrected chi connectivity index (χ1v) is 6.72. The second-order valence-electron chi connectivity index (χ2n) is 3.94. The molecule has 0 bridgehead atoms. The van der Waals surface area contributed by atoms with Gasteiger partial charge in [0.15, 0.2) is 5.16 Å². The fourth-order valence-corrected chi connectivity index (χ4v) is 2.36. The predicted octanol–water partition coefficient (Wildman–Crippen LogP) is 4.07. The molecule has 18 heavy (non-hydrogen) atoms. The van der Waals surface area contributed by atoms with Crippen molar-refractivity contribution in [2.45, 2.75) is 11.8 Å². The van der Waals surface area contributed by atoms with E-state index in [1.165, 1.54) is 6.08 Å². The van der Waals surface area contributed by atoms with Crippen LogP contribution in [0.3, 0.4) is 0 Å². The van der Waals surface area contributed by atoms with Gasteiger partial charge in [0.05, 0.1) is 0 Å². The van der Waals surface area contributed by atoms with Crippen molar-refractivity contribution in [3.63, 3.8) is 0 Å². The van der Waals surface area contributed by atoms with E-state index in [-0.39, 0.29) is 0 Å². The number of rotatable bonds is 3. The average molecular weight is 260 g/mol. The highest BCUT2D eigenvalue weighted by Crippen LogP contribution is 2.18. The Morgan fingerprint density at radius 3 is 2.28 bits per heavy atom. The topological polar surface area (TPSA) is 17.1 Å². The Labute approximate surface area is 108 Å². The summed E-state index contributed by atoms with van der Waals surface area (Å²) in [5, 5.41) is -0.634. The third-order valence-corrected chi connectivity index (χ3v) is 3.66. The maximum Gasteiger partial charge on any atom is 0.192 e. The van der Waals surface area contributed by atoms with Crippen LogP contribution in [0.1, 0.15) is 11.1 Å². The molecule has 0 aromatic heterocycles. The number of hydrogen-bond donors (Lipinski definition) is 0. The third kappa shape index (κ3) is 3.14. The zero-order valence-electron chi connectivity index (χ0n) is 9.97. The molecule has 2 aromatic rings. The van der Waals surface area contributed by atoms with E-state index in [9.17, 15) is 8.60 Å².